The number of nitrogens with one attached hydrogen (secondary N) is 1. The SMILES string of the molecule is CC(C)(C)c1ccccc1N1CCCNC2(CCCC2)C1. The Morgan fingerprint density at radius 2 is 1.76 bits per heavy atom. The third-order valence-electron chi connectivity index (χ3n) is 5.21. The molecule has 21 heavy (non-hydrogen) atoms. The molecular formula is C19H30N2. The highest BCUT2D eigenvalue weighted by atomic mass is 15.2. The molecule has 2 aliphatic rings. The summed E-state index contributed by atoms with van der Waals surface area (Å²) in [5, 5.41) is 3.87. The van der Waals surface area contributed by atoms with E-state index < -0.39 is 0 Å². The number of para-hydroxylation sites is 1. The lowest BCUT2D eigenvalue weighted by Gasteiger charge is -2.37. The van der Waals surface area contributed by atoms with E-state index in [0.717, 1.165) is 0 Å². The molecule has 1 heterocycles. The third kappa shape index (κ3) is 3.11. The van der Waals surface area contributed by atoms with Gasteiger partial charge in [-0.1, -0.05) is 51.8 Å². The zero-order chi connectivity index (χ0) is 14.9. The normalized spacial score (nSPS) is 22.5. The lowest BCUT2D eigenvalue weighted by atomic mass is 9.85. The minimum absolute atomic E-state index is 0.208. The quantitative estimate of drug-likeness (QED) is 0.836. The van der Waals surface area contributed by atoms with Gasteiger partial charge in [0.1, 0.15) is 0 Å². The van der Waals surface area contributed by atoms with Crippen molar-refractivity contribution in [3.05, 3.63) is 29.8 Å². The highest BCUT2D eigenvalue weighted by Crippen LogP contribution is 2.36. The molecule has 0 unspecified atom stereocenters. The van der Waals surface area contributed by atoms with Gasteiger partial charge in [0.05, 0.1) is 0 Å². The largest absolute Gasteiger partial charge is 0.369 e. The van der Waals surface area contributed by atoms with Crippen LogP contribution in [0.25, 0.3) is 0 Å². The summed E-state index contributed by atoms with van der Waals surface area (Å²) in [6, 6.07) is 9.03. The molecule has 116 valence electrons. The Labute approximate surface area is 129 Å². The van der Waals surface area contributed by atoms with E-state index in [1.807, 2.05) is 0 Å². The van der Waals surface area contributed by atoms with Crippen molar-refractivity contribution in [2.75, 3.05) is 24.5 Å². The van der Waals surface area contributed by atoms with Gasteiger partial charge in [0, 0.05) is 24.3 Å². The van der Waals surface area contributed by atoms with E-state index in [2.05, 4.69) is 55.3 Å². The first kappa shape index (κ1) is 14.9. The highest BCUT2D eigenvalue weighted by molar-refractivity contribution is 5.57. The molecule has 3 rings (SSSR count). The van der Waals surface area contributed by atoms with Crippen LogP contribution in [0.3, 0.4) is 0 Å². The van der Waals surface area contributed by atoms with Crippen LogP contribution < -0.4 is 10.2 Å². The summed E-state index contributed by atoms with van der Waals surface area (Å²) in [5.41, 5.74) is 3.53. The molecule has 2 heteroatoms. The number of benzene rings is 1. The van der Waals surface area contributed by atoms with Gasteiger partial charge in [-0.15, -0.1) is 0 Å². The van der Waals surface area contributed by atoms with E-state index in [0.29, 0.717) is 5.54 Å². The second-order valence-electron chi connectivity index (χ2n) is 7.96. The zero-order valence-corrected chi connectivity index (χ0v) is 13.9. The standard InChI is InChI=1S/C19H30N2/c1-18(2,3)16-9-4-5-10-17(16)21-14-8-13-20-19(15-21)11-6-7-12-19/h4-5,9-10,20H,6-8,11-15H2,1-3H3. The molecule has 1 spiro atoms. The molecule has 1 saturated heterocycles. The lowest BCUT2D eigenvalue weighted by molar-refractivity contribution is 0.354. The van der Waals surface area contributed by atoms with Crippen LogP contribution in [0.15, 0.2) is 24.3 Å². The minimum Gasteiger partial charge on any atom is -0.369 e. The molecule has 2 fully saturated rings. The van der Waals surface area contributed by atoms with Gasteiger partial charge in [0.2, 0.25) is 0 Å². The van der Waals surface area contributed by atoms with Crippen LogP contribution in [-0.2, 0) is 5.41 Å². The van der Waals surface area contributed by atoms with Gasteiger partial charge in [-0.25, -0.2) is 0 Å². The molecule has 0 bridgehead atoms. The van der Waals surface area contributed by atoms with Gasteiger partial charge in [-0.3, -0.25) is 0 Å². The van der Waals surface area contributed by atoms with Crippen LogP contribution in [0.5, 0.6) is 0 Å². The van der Waals surface area contributed by atoms with Gasteiger partial charge in [0.15, 0.2) is 0 Å². The number of hydrogen-bond donors (Lipinski definition) is 1. The first-order valence-corrected chi connectivity index (χ1v) is 8.60. The van der Waals surface area contributed by atoms with Gasteiger partial charge >= 0.3 is 0 Å². The maximum Gasteiger partial charge on any atom is 0.0404 e. The summed E-state index contributed by atoms with van der Waals surface area (Å²) in [6.07, 6.45) is 6.73. The van der Waals surface area contributed by atoms with E-state index in [4.69, 9.17) is 0 Å². The van der Waals surface area contributed by atoms with Crippen molar-refractivity contribution >= 4 is 5.69 Å². The van der Waals surface area contributed by atoms with Gasteiger partial charge in [0.25, 0.3) is 0 Å². The maximum absolute atomic E-state index is 3.87. The smallest absolute Gasteiger partial charge is 0.0404 e. The topological polar surface area (TPSA) is 15.3 Å². The molecule has 1 aliphatic carbocycles. The van der Waals surface area contributed by atoms with Crippen molar-refractivity contribution in [3.63, 3.8) is 0 Å². The fourth-order valence-electron chi connectivity index (χ4n) is 4.10. The number of nitrogens with zero attached hydrogens (tertiary/aromatic N) is 1. The molecule has 1 aliphatic heterocycles. The Morgan fingerprint density at radius 3 is 2.48 bits per heavy atom. The summed E-state index contributed by atoms with van der Waals surface area (Å²) >= 11 is 0. The Morgan fingerprint density at radius 1 is 1.05 bits per heavy atom. The molecule has 1 aromatic rings. The molecule has 1 saturated carbocycles. The van der Waals surface area contributed by atoms with E-state index in [1.165, 1.54) is 63.0 Å². The van der Waals surface area contributed by atoms with E-state index >= 15 is 0 Å². The van der Waals surface area contributed by atoms with E-state index in [1.54, 1.807) is 0 Å². The summed E-state index contributed by atoms with van der Waals surface area (Å²) in [4.78, 5) is 2.66. The summed E-state index contributed by atoms with van der Waals surface area (Å²) < 4.78 is 0. The Hall–Kier alpha value is -1.02. The molecule has 1 N–H and O–H groups in total. The Kier molecular flexibility index (Phi) is 4.00. The molecule has 0 atom stereocenters. The molecule has 2 nitrogen and oxygen atoms in total. The van der Waals surface area contributed by atoms with Crippen molar-refractivity contribution in [1.29, 1.82) is 0 Å². The first-order valence-electron chi connectivity index (χ1n) is 8.60. The van der Waals surface area contributed by atoms with Gasteiger partial charge in [-0.2, -0.15) is 0 Å². The highest BCUT2D eigenvalue weighted by Gasteiger charge is 2.37. The molecule has 0 aromatic heterocycles. The minimum atomic E-state index is 0.208. The average Bonchev–Trinajstić information content (AvgIpc) is 2.79. The summed E-state index contributed by atoms with van der Waals surface area (Å²) in [5.74, 6) is 0. The van der Waals surface area contributed by atoms with Crippen molar-refractivity contribution in [3.8, 4) is 0 Å². The van der Waals surface area contributed by atoms with Crippen molar-refractivity contribution < 1.29 is 0 Å². The molecular weight excluding hydrogens is 256 g/mol. The molecule has 0 radical (unpaired) electrons. The van der Waals surface area contributed by atoms with E-state index in [-0.39, 0.29) is 5.41 Å². The maximum atomic E-state index is 3.87. The van der Waals surface area contributed by atoms with Crippen LogP contribution >= 0.6 is 0 Å². The second kappa shape index (κ2) is 5.64. The number of hydrogen-bond acceptors (Lipinski definition) is 2. The van der Waals surface area contributed by atoms with E-state index in [9.17, 15) is 0 Å². The monoisotopic (exact) mass is 286 g/mol. The zero-order valence-electron chi connectivity index (χ0n) is 13.9. The van der Waals surface area contributed by atoms with Crippen LogP contribution in [-0.4, -0.2) is 25.2 Å². The average molecular weight is 286 g/mol. The van der Waals surface area contributed by atoms with Crippen LogP contribution in [0.2, 0.25) is 0 Å². The summed E-state index contributed by atoms with van der Waals surface area (Å²) in [7, 11) is 0. The first-order chi connectivity index (χ1) is 10.0. The van der Waals surface area contributed by atoms with Crippen molar-refractivity contribution in [2.45, 2.75) is 63.8 Å². The van der Waals surface area contributed by atoms with Gasteiger partial charge < -0.3 is 10.2 Å². The van der Waals surface area contributed by atoms with Crippen LogP contribution in [0.1, 0.15) is 58.4 Å². The Balaban J connectivity index is 1.92. The number of anilines is 1. The van der Waals surface area contributed by atoms with Crippen LogP contribution in [0.4, 0.5) is 5.69 Å². The van der Waals surface area contributed by atoms with Crippen molar-refractivity contribution in [1.82, 2.24) is 5.32 Å². The molecule has 1 aromatic carbocycles. The fourth-order valence-corrected chi connectivity index (χ4v) is 4.10. The predicted molar refractivity (Wildman–Crippen MR) is 91.2 cm³/mol. The lowest BCUT2D eigenvalue weighted by Crippen LogP contribution is -2.49. The van der Waals surface area contributed by atoms with Gasteiger partial charge in [-0.05, 0) is 42.9 Å². The Bertz CT molecular complexity index is 481. The van der Waals surface area contributed by atoms with Crippen molar-refractivity contribution in [2.24, 2.45) is 0 Å². The third-order valence-corrected chi connectivity index (χ3v) is 5.21. The van der Waals surface area contributed by atoms with Crippen LogP contribution in [0, 0.1) is 0 Å². The fraction of sp³-hybridized carbons (Fsp3) is 0.684. The molecule has 0 amide bonds. The predicted octanol–water partition coefficient (Wildman–Crippen LogP) is 4.10. The summed E-state index contributed by atoms with van der Waals surface area (Å²) in [6.45, 7) is 10.5. The second-order valence-corrected chi connectivity index (χ2v) is 7.96. The number of rotatable bonds is 1.